The van der Waals surface area contributed by atoms with E-state index < -0.39 is 11.8 Å². The summed E-state index contributed by atoms with van der Waals surface area (Å²) in [5.74, 6) is -1.54. The largest absolute Gasteiger partial charge is 0.478 e. The van der Waals surface area contributed by atoms with Crippen LogP contribution in [0.1, 0.15) is 21.7 Å². The lowest BCUT2D eigenvalue weighted by Gasteiger charge is -2.10. The number of carboxylic acid groups (broad SMARTS) is 1. The van der Waals surface area contributed by atoms with Crippen molar-refractivity contribution in [1.82, 2.24) is 4.98 Å². The van der Waals surface area contributed by atoms with Crippen LogP contribution in [0.3, 0.4) is 0 Å². The standard InChI is InChI=1S/C14H12FNO2/c1-8-7-11(10-5-3-4-6-12(10)15)13(14(17)18)9(2)16-8/h3-7H,1-2H3,(H,17,18). The average molecular weight is 245 g/mol. The molecule has 0 radical (unpaired) electrons. The number of aromatic nitrogens is 1. The van der Waals surface area contributed by atoms with Gasteiger partial charge in [-0.25, -0.2) is 9.18 Å². The molecule has 1 heterocycles. The number of carbonyl (C=O) groups is 1. The van der Waals surface area contributed by atoms with Gasteiger partial charge in [0.25, 0.3) is 0 Å². The fourth-order valence-electron chi connectivity index (χ4n) is 1.99. The van der Waals surface area contributed by atoms with E-state index >= 15 is 0 Å². The predicted octanol–water partition coefficient (Wildman–Crippen LogP) is 3.20. The van der Waals surface area contributed by atoms with Crippen LogP contribution in [0.2, 0.25) is 0 Å². The van der Waals surface area contributed by atoms with Crippen LogP contribution < -0.4 is 0 Å². The van der Waals surface area contributed by atoms with Gasteiger partial charge in [-0.05, 0) is 26.0 Å². The molecule has 0 spiro atoms. The van der Waals surface area contributed by atoms with Gasteiger partial charge < -0.3 is 5.11 Å². The minimum absolute atomic E-state index is 0.0469. The molecule has 0 aliphatic heterocycles. The van der Waals surface area contributed by atoms with E-state index in [0.717, 1.165) is 0 Å². The number of benzene rings is 1. The second-order valence-electron chi connectivity index (χ2n) is 4.06. The van der Waals surface area contributed by atoms with Gasteiger partial charge in [0, 0.05) is 16.8 Å². The molecule has 4 heteroatoms. The van der Waals surface area contributed by atoms with Crippen molar-refractivity contribution in [2.45, 2.75) is 13.8 Å². The summed E-state index contributed by atoms with van der Waals surface area (Å²) in [6, 6.07) is 7.71. The van der Waals surface area contributed by atoms with Gasteiger partial charge >= 0.3 is 5.97 Å². The summed E-state index contributed by atoms with van der Waals surface area (Å²) in [6.45, 7) is 3.36. The smallest absolute Gasteiger partial charge is 0.338 e. The zero-order valence-corrected chi connectivity index (χ0v) is 10.1. The fourth-order valence-corrected chi connectivity index (χ4v) is 1.99. The molecule has 0 saturated carbocycles. The van der Waals surface area contributed by atoms with Crippen LogP contribution in [0, 0.1) is 19.7 Å². The van der Waals surface area contributed by atoms with Crippen molar-refractivity contribution in [3.8, 4) is 11.1 Å². The van der Waals surface area contributed by atoms with Crippen molar-refractivity contribution in [1.29, 1.82) is 0 Å². The molecular weight excluding hydrogens is 233 g/mol. The molecule has 1 aromatic heterocycles. The van der Waals surface area contributed by atoms with Crippen molar-refractivity contribution in [3.63, 3.8) is 0 Å². The average Bonchev–Trinajstić information content (AvgIpc) is 2.27. The summed E-state index contributed by atoms with van der Waals surface area (Å²) in [5, 5.41) is 9.23. The van der Waals surface area contributed by atoms with Crippen molar-refractivity contribution in [2.24, 2.45) is 0 Å². The van der Waals surface area contributed by atoms with Gasteiger partial charge in [0.1, 0.15) is 5.82 Å². The van der Waals surface area contributed by atoms with Crippen LogP contribution in [0.4, 0.5) is 4.39 Å². The Morgan fingerprint density at radius 3 is 2.50 bits per heavy atom. The number of carboxylic acids is 1. The van der Waals surface area contributed by atoms with Crippen molar-refractivity contribution in [2.75, 3.05) is 0 Å². The zero-order chi connectivity index (χ0) is 13.3. The highest BCUT2D eigenvalue weighted by Crippen LogP contribution is 2.28. The van der Waals surface area contributed by atoms with Gasteiger partial charge in [0.2, 0.25) is 0 Å². The van der Waals surface area contributed by atoms with Crippen LogP contribution >= 0.6 is 0 Å². The lowest BCUT2D eigenvalue weighted by molar-refractivity contribution is 0.0696. The fraction of sp³-hybridized carbons (Fsp3) is 0.143. The third kappa shape index (κ3) is 2.09. The van der Waals surface area contributed by atoms with Crippen molar-refractivity contribution < 1.29 is 14.3 Å². The second-order valence-corrected chi connectivity index (χ2v) is 4.06. The topological polar surface area (TPSA) is 50.2 Å². The summed E-state index contributed by atoms with van der Waals surface area (Å²) >= 11 is 0. The summed E-state index contributed by atoms with van der Waals surface area (Å²) < 4.78 is 13.8. The molecular formula is C14H12FNO2. The van der Waals surface area contributed by atoms with Gasteiger partial charge in [0.05, 0.1) is 11.3 Å². The maximum absolute atomic E-state index is 13.8. The Labute approximate surface area is 104 Å². The van der Waals surface area contributed by atoms with E-state index in [9.17, 15) is 14.3 Å². The molecule has 0 unspecified atom stereocenters. The minimum atomic E-state index is -1.10. The number of pyridine rings is 1. The van der Waals surface area contributed by atoms with E-state index in [2.05, 4.69) is 4.98 Å². The van der Waals surface area contributed by atoms with Crippen molar-refractivity contribution in [3.05, 3.63) is 53.1 Å². The third-order valence-electron chi connectivity index (χ3n) is 2.71. The lowest BCUT2D eigenvalue weighted by Crippen LogP contribution is -2.06. The maximum Gasteiger partial charge on any atom is 0.338 e. The normalized spacial score (nSPS) is 10.4. The van der Waals surface area contributed by atoms with Gasteiger partial charge in [-0.1, -0.05) is 18.2 Å². The Balaban J connectivity index is 2.78. The number of nitrogens with zero attached hydrogens (tertiary/aromatic N) is 1. The molecule has 0 saturated heterocycles. The minimum Gasteiger partial charge on any atom is -0.478 e. The molecule has 3 nitrogen and oxygen atoms in total. The zero-order valence-electron chi connectivity index (χ0n) is 10.1. The molecule has 18 heavy (non-hydrogen) atoms. The predicted molar refractivity (Wildman–Crippen MR) is 66.1 cm³/mol. The molecule has 92 valence electrons. The highest BCUT2D eigenvalue weighted by Gasteiger charge is 2.18. The van der Waals surface area contributed by atoms with E-state index in [4.69, 9.17) is 0 Å². The molecule has 0 aliphatic rings. The van der Waals surface area contributed by atoms with Crippen molar-refractivity contribution >= 4 is 5.97 Å². The summed E-state index contributed by atoms with van der Waals surface area (Å²) in [7, 11) is 0. The summed E-state index contributed by atoms with van der Waals surface area (Å²) in [4.78, 5) is 15.4. The van der Waals surface area contributed by atoms with Crippen LogP contribution in [0.5, 0.6) is 0 Å². The first-order valence-electron chi connectivity index (χ1n) is 5.47. The Morgan fingerprint density at radius 1 is 1.22 bits per heavy atom. The van der Waals surface area contributed by atoms with E-state index in [1.54, 1.807) is 38.1 Å². The van der Waals surface area contributed by atoms with Gasteiger partial charge in [0.15, 0.2) is 0 Å². The van der Waals surface area contributed by atoms with Gasteiger partial charge in [-0.2, -0.15) is 0 Å². The molecule has 1 aromatic carbocycles. The van der Waals surface area contributed by atoms with E-state index in [1.807, 2.05) is 0 Å². The number of aryl methyl sites for hydroxylation is 2. The van der Waals surface area contributed by atoms with Crippen LogP contribution in [0.25, 0.3) is 11.1 Å². The molecule has 0 bridgehead atoms. The monoisotopic (exact) mass is 245 g/mol. The first-order chi connectivity index (χ1) is 8.50. The molecule has 0 fully saturated rings. The number of rotatable bonds is 2. The third-order valence-corrected chi connectivity index (χ3v) is 2.71. The van der Waals surface area contributed by atoms with Gasteiger partial charge in [-0.3, -0.25) is 4.98 Å². The SMILES string of the molecule is Cc1cc(-c2ccccc2F)c(C(=O)O)c(C)n1. The quantitative estimate of drug-likeness (QED) is 0.883. The molecule has 2 rings (SSSR count). The Hall–Kier alpha value is -2.23. The molecule has 0 atom stereocenters. The molecule has 1 N–H and O–H groups in total. The van der Waals surface area contributed by atoms with Gasteiger partial charge in [-0.15, -0.1) is 0 Å². The summed E-state index contributed by atoms with van der Waals surface area (Å²) in [5.41, 5.74) is 1.75. The number of halogens is 1. The Kier molecular flexibility index (Phi) is 3.10. The Bertz CT molecular complexity index is 623. The van der Waals surface area contributed by atoms with Crippen LogP contribution in [0.15, 0.2) is 30.3 Å². The molecule has 0 aliphatic carbocycles. The maximum atomic E-state index is 13.8. The van der Waals surface area contributed by atoms with E-state index in [-0.39, 0.29) is 11.1 Å². The van der Waals surface area contributed by atoms with E-state index in [1.165, 1.54) is 6.07 Å². The number of hydrogen-bond donors (Lipinski definition) is 1. The first kappa shape index (κ1) is 12.2. The lowest BCUT2D eigenvalue weighted by atomic mass is 9.98. The highest BCUT2D eigenvalue weighted by molar-refractivity contribution is 5.97. The highest BCUT2D eigenvalue weighted by atomic mass is 19.1. The number of aromatic carboxylic acids is 1. The van der Waals surface area contributed by atoms with Crippen LogP contribution in [-0.4, -0.2) is 16.1 Å². The van der Waals surface area contributed by atoms with E-state index in [0.29, 0.717) is 17.0 Å². The second kappa shape index (κ2) is 4.56. The molecule has 2 aromatic rings. The first-order valence-corrected chi connectivity index (χ1v) is 5.47. The summed E-state index contributed by atoms with van der Waals surface area (Å²) in [6.07, 6.45) is 0. The Morgan fingerprint density at radius 2 is 1.89 bits per heavy atom. The van der Waals surface area contributed by atoms with Crippen LogP contribution in [-0.2, 0) is 0 Å². The number of hydrogen-bond acceptors (Lipinski definition) is 2. The molecule has 0 amide bonds.